The minimum Gasteiger partial charge on any atom is -0.296 e. The Labute approximate surface area is 114 Å². The summed E-state index contributed by atoms with van der Waals surface area (Å²) in [5.41, 5.74) is 2.91. The number of hydrogen-bond acceptors (Lipinski definition) is 1. The molecule has 0 aliphatic carbocycles. The highest BCUT2D eigenvalue weighted by Gasteiger charge is 2.00. The van der Waals surface area contributed by atoms with Gasteiger partial charge in [-0.3, -0.25) is 4.90 Å². The first-order chi connectivity index (χ1) is 8.60. The van der Waals surface area contributed by atoms with Gasteiger partial charge in [0.15, 0.2) is 0 Å². The minimum absolute atomic E-state index is 0.998. The Bertz CT molecular complexity index is 269. The van der Waals surface area contributed by atoms with Crippen LogP contribution in [0.25, 0.3) is 0 Å². The lowest BCUT2D eigenvalue weighted by Crippen LogP contribution is -2.25. The normalized spacial score (nSPS) is 11.7. The highest BCUT2D eigenvalue weighted by molar-refractivity contribution is 5.03. The zero-order valence-electron chi connectivity index (χ0n) is 12.8. The van der Waals surface area contributed by atoms with Crippen molar-refractivity contribution in [3.8, 4) is 0 Å². The summed E-state index contributed by atoms with van der Waals surface area (Å²) in [4.78, 5) is 2.46. The summed E-state index contributed by atoms with van der Waals surface area (Å²) in [7, 11) is 0. The fourth-order valence-corrected chi connectivity index (χ4v) is 1.80. The molecule has 0 radical (unpaired) electrons. The SMILES string of the molecule is C=CCN(C/C=C(\C)CCC=C(C)C)CCCC. The molecule has 0 heterocycles. The van der Waals surface area contributed by atoms with Crippen LogP contribution in [0.15, 0.2) is 36.0 Å². The maximum atomic E-state index is 3.83. The number of unbranched alkanes of at least 4 members (excludes halogenated alkanes) is 1. The Morgan fingerprint density at radius 1 is 1.11 bits per heavy atom. The summed E-state index contributed by atoms with van der Waals surface area (Å²) in [5.74, 6) is 0. The minimum atomic E-state index is 0.998. The van der Waals surface area contributed by atoms with Crippen molar-refractivity contribution in [1.29, 1.82) is 0 Å². The molecule has 0 atom stereocenters. The van der Waals surface area contributed by atoms with Gasteiger partial charge in [-0.25, -0.2) is 0 Å². The van der Waals surface area contributed by atoms with Crippen molar-refractivity contribution < 1.29 is 0 Å². The van der Waals surface area contributed by atoms with Gasteiger partial charge in [0.05, 0.1) is 0 Å². The molecule has 1 nitrogen and oxygen atoms in total. The maximum absolute atomic E-state index is 3.83. The van der Waals surface area contributed by atoms with Gasteiger partial charge in [-0.2, -0.15) is 0 Å². The summed E-state index contributed by atoms with van der Waals surface area (Å²) >= 11 is 0. The Hall–Kier alpha value is -0.820. The standard InChI is InChI=1S/C17H31N/c1-6-8-14-18(13-7-2)15-12-17(5)11-9-10-16(3)4/h7,10,12H,2,6,8-9,11,13-15H2,1,3-5H3/b17-12+. The summed E-state index contributed by atoms with van der Waals surface area (Å²) in [6, 6.07) is 0. The number of hydrogen-bond donors (Lipinski definition) is 0. The van der Waals surface area contributed by atoms with E-state index >= 15 is 0 Å². The van der Waals surface area contributed by atoms with Crippen LogP contribution in [0.4, 0.5) is 0 Å². The van der Waals surface area contributed by atoms with Crippen LogP contribution in [0.5, 0.6) is 0 Å². The third-order valence-corrected chi connectivity index (χ3v) is 3.00. The highest BCUT2D eigenvalue weighted by atomic mass is 15.1. The second-order valence-electron chi connectivity index (χ2n) is 5.27. The van der Waals surface area contributed by atoms with Gasteiger partial charge in [0.2, 0.25) is 0 Å². The lowest BCUT2D eigenvalue weighted by atomic mass is 10.1. The van der Waals surface area contributed by atoms with Crippen molar-refractivity contribution in [3.05, 3.63) is 36.0 Å². The molecular weight excluding hydrogens is 218 g/mol. The lowest BCUT2D eigenvalue weighted by molar-refractivity contribution is 0.328. The van der Waals surface area contributed by atoms with Crippen LogP contribution in [0.2, 0.25) is 0 Å². The molecule has 0 bridgehead atoms. The van der Waals surface area contributed by atoms with Gasteiger partial charge in [0, 0.05) is 13.1 Å². The smallest absolute Gasteiger partial charge is 0.0169 e. The van der Waals surface area contributed by atoms with Crippen LogP contribution < -0.4 is 0 Å². The van der Waals surface area contributed by atoms with Crippen molar-refractivity contribution in [2.45, 2.75) is 53.4 Å². The zero-order valence-corrected chi connectivity index (χ0v) is 12.8. The molecule has 0 saturated carbocycles. The predicted octanol–water partition coefficient (Wildman–Crippen LogP) is 4.97. The van der Waals surface area contributed by atoms with E-state index in [2.05, 4.69) is 51.3 Å². The van der Waals surface area contributed by atoms with Gasteiger partial charge in [-0.15, -0.1) is 6.58 Å². The summed E-state index contributed by atoms with van der Waals surface area (Å²) in [6.07, 6.45) is 11.6. The van der Waals surface area contributed by atoms with Crippen LogP contribution in [0.3, 0.4) is 0 Å². The Kier molecular flexibility index (Phi) is 10.8. The van der Waals surface area contributed by atoms with Gasteiger partial charge in [-0.05, 0) is 46.6 Å². The molecule has 0 aromatic rings. The molecule has 0 aliphatic heterocycles. The van der Waals surface area contributed by atoms with E-state index < -0.39 is 0 Å². The van der Waals surface area contributed by atoms with Gasteiger partial charge in [0.25, 0.3) is 0 Å². The molecule has 1 heteroatoms. The van der Waals surface area contributed by atoms with E-state index in [1.165, 1.54) is 43.4 Å². The quantitative estimate of drug-likeness (QED) is 0.494. The third-order valence-electron chi connectivity index (χ3n) is 3.00. The van der Waals surface area contributed by atoms with E-state index in [0.29, 0.717) is 0 Å². The van der Waals surface area contributed by atoms with Crippen molar-refractivity contribution in [2.24, 2.45) is 0 Å². The second kappa shape index (κ2) is 11.3. The molecule has 0 saturated heterocycles. The molecular formula is C17H31N. The van der Waals surface area contributed by atoms with E-state index in [4.69, 9.17) is 0 Å². The molecule has 0 aromatic carbocycles. The van der Waals surface area contributed by atoms with Crippen LogP contribution in [-0.2, 0) is 0 Å². The zero-order chi connectivity index (χ0) is 13.8. The molecule has 0 unspecified atom stereocenters. The number of rotatable bonds is 10. The Morgan fingerprint density at radius 3 is 2.39 bits per heavy atom. The molecule has 18 heavy (non-hydrogen) atoms. The third kappa shape index (κ3) is 10.3. The van der Waals surface area contributed by atoms with E-state index in [1.54, 1.807) is 0 Å². The topological polar surface area (TPSA) is 3.24 Å². The number of allylic oxidation sites excluding steroid dienone is 3. The van der Waals surface area contributed by atoms with Crippen LogP contribution in [0, 0.1) is 0 Å². The van der Waals surface area contributed by atoms with Gasteiger partial charge < -0.3 is 0 Å². The first-order valence-corrected chi connectivity index (χ1v) is 7.22. The monoisotopic (exact) mass is 249 g/mol. The molecule has 0 fully saturated rings. The largest absolute Gasteiger partial charge is 0.296 e. The van der Waals surface area contributed by atoms with E-state index in [1.807, 2.05) is 6.08 Å². The van der Waals surface area contributed by atoms with Gasteiger partial charge in [-0.1, -0.05) is 42.7 Å². The molecule has 104 valence electrons. The molecule has 0 aromatic heterocycles. The summed E-state index contributed by atoms with van der Waals surface area (Å²) in [5, 5.41) is 0. The average Bonchev–Trinajstić information content (AvgIpc) is 2.32. The molecule has 0 N–H and O–H groups in total. The average molecular weight is 249 g/mol. The van der Waals surface area contributed by atoms with Crippen LogP contribution in [-0.4, -0.2) is 24.5 Å². The van der Waals surface area contributed by atoms with Crippen molar-refractivity contribution >= 4 is 0 Å². The maximum Gasteiger partial charge on any atom is 0.0169 e. The summed E-state index contributed by atoms with van der Waals surface area (Å²) in [6.45, 7) is 15.9. The van der Waals surface area contributed by atoms with Crippen LogP contribution in [0.1, 0.15) is 53.4 Å². The van der Waals surface area contributed by atoms with Crippen molar-refractivity contribution in [1.82, 2.24) is 4.90 Å². The second-order valence-corrected chi connectivity index (χ2v) is 5.27. The first kappa shape index (κ1) is 17.2. The van der Waals surface area contributed by atoms with Gasteiger partial charge in [0.1, 0.15) is 0 Å². The van der Waals surface area contributed by atoms with Gasteiger partial charge >= 0.3 is 0 Å². The van der Waals surface area contributed by atoms with E-state index in [0.717, 1.165) is 13.1 Å². The van der Waals surface area contributed by atoms with E-state index in [-0.39, 0.29) is 0 Å². The Morgan fingerprint density at radius 2 is 1.83 bits per heavy atom. The Balaban J connectivity index is 4.04. The molecule has 0 amide bonds. The highest BCUT2D eigenvalue weighted by Crippen LogP contribution is 2.07. The summed E-state index contributed by atoms with van der Waals surface area (Å²) < 4.78 is 0. The number of nitrogens with zero attached hydrogens (tertiary/aromatic N) is 1. The lowest BCUT2D eigenvalue weighted by Gasteiger charge is -2.18. The molecule has 0 spiro atoms. The fraction of sp³-hybridized carbons (Fsp3) is 0.647. The van der Waals surface area contributed by atoms with Crippen molar-refractivity contribution in [3.63, 3.8) is 0 Å². The predicted molar refractivity (Wildman–Crippen MR) is 84.0 cm³/mol. The van der Waals surface area contributed by atoms with Crippen LogP contribution >= 0.6 is 0 Å². The fourth-order valence-electron chi connectivity index (χ4n) is 1.80. The van der Waals surface area contributed by atoms with E-state index in [9.17, 15) is 0 Å². The molecule has 0 rings (SSSR count). The van der Waals surface area contributed by atoms with Crippen molar-refractivity contribution in [2.75, 3.05) is 19.6 Å². The molecule has 0 aliphatic rings. The first-order valence-electron chi connectivity index (χ1n) is 7.22.